The number of aromatic nitrogens is 1. The third-order valence-electron chi connectivity index (χ3n) is 3.49. The van der Waals surface area contributed by atoms with E-state index in [-0.39, 0.29) is 0 Å². The molecule has 0 fully saturated rings. The van der Waals surface area contributed by atoms with Crippen LogP contribution in [-0.2, 0) is 10.8 Å². The molecule has 0 spiro atoms. The van der Waals surface area contributed by atoms with Gasteiger partial charge in [-0.1, -0.05) is 48.5 Å². The van der Waals surface area contributed by atoms with Gasteiger partial charge in [0.1, 0.15) is 0 Å². The fourth-order valence-electron chi connectivity index (χ4n) is 2.22. The number of rotatable bonds is 6. The Morgan fingerprint density at radius 3 is 2.65 bits per heavy atom. The molecule has 0 aliphatic rings. The highest BCUT2D eigenvalue weighted by Crippen LogP contribution is 2.30. The zero-order valence-corrected chi connectivity index (χ0v) is 15.6. The Morgan fingerprint density at radius 1 is 1.17 bits per heavy atom. The summed E-state index contributed by atoms with van der Waals surface area (Å²) in [6.07, 6.45) is 0. The highest BCUT2D eigenvalue weighted by Gasteiger charge is 2.12. The third kappa shape index (κ3) is 4.43. The number of nitrogens with zero attached hydrogens (tertiary/aromatic N) is 1. The van der Waals surface area contributed by atoms with E-state index in [9.17, 15) is 4.21 Å². The number of fused-ring (bicyclic) bond motifs is 1. The van der Waals surface area contributed by atoms with Crippen molar-refractivity contribution in [2.24, 2.45) is 5.92 Å². The monoisotopic (exact) mass is 361 g/mol. The first-order chi connectivity index (χ1) is 11.1. The first kappa shape index (κ1) is 16.7. The number of hydrogen-bond donors (Lipinski definition) is 0. The molecule has 2 nitrogen and oxygen atoms in total. The van der Waals surface area contributed by atoms with Crippen molar-refractivity contribution in [2.45, 2.75) is 23.1 Å². The van der Waals surface area contributed by atoms with Crippen molar-refractivity contribution >= 4 is 44.1 Å². The molecule has 0 aliphatic heterocycles. The molecule has 0 aliphatic carbocycles. The Bertz CT molecular complexity index is 778. The predicted octanol–water partition coefficient (Wildman–Crippen LogP) is 5.14. The van der Waals surface area contributed by atoms with Crippen LogP contribution in [0.4, 0.5) is 0 Å². The van der Waals surface area contributed by atoms with Crippen LogP contribution in [0.25, 0.3) is 10.2 Å². The fraction of sp³-hybridized carbons (Fsp3) is 0.278. The van der Waals surface area contributed by atoms with E-state index in [0.29, 0.717) is 11.7 Å². The Kier molecular flexibility index (Phi) is 5.51. The van der Waals surface area contributed by atoms with Crippen molar-refractivity contribution in [1.29, 1.82) is 0 Å². The number of para-hydroxylation sites is 1. The van der Waals surface area contributed by atoms with Crippen LogP contribution in [0.3, 0.4) is 0 Å². The predicted molar refractivity (Wildman–Crippen MR) is 102 cm³/mol. The Hall–Kier alpha value is -1.17. The van der Waals surface area contributed by atoms with Gasteiger partial charge in [0, 0.05) is 16.4 Å². The lowest BCUT2D eigenvalue weighted by atomic mass is 10.2. The maximum absolute atomic E-state index is 12.4. The summed E-state index contributed by atoms with van der Waals surface area (Å²) in [4.78, 5) is 5.56. The van der Waals surface area contributed by atoms with Crippen LogP contribution in [0.1, 0.15) is 12.5 Å². The van der Waals surface area contributed by atoms with E-state index in [0.717, 1.165) is 20.5 Å². The standard InChI is InChI=1S/C18H19NOS3/c1-13-7-9-15(10-8-13)23(20)12-14(2)11-21-18-19-16-5-3-4-6-17(16)22-18/h3-10,14H,11-12H2,1-2H3/t14-,23?/m1/s1. The van der Waals surface area contributed by atoms with E-state index in [1.807, 2.05) is 49.4 Å². The molecule has 1 unspecified atom stereocenters. The maximum Gasteiger partial charge on any atom is 0.151 e. The molecule has 5 heteroatoms. The highest BCUT2D eigenvalue weighted by molar-refractivity contribution is 8.01. The molecule has 0 bridgehead atoms. The topological polar surface area (TPSA) is 30.0 Å². The van der Waals surface area contributed by atoms with Gasteiger partial charge >= 0.3 is 0 Å². The zero-order chi connectivity index (χ0) is 16.2. The van der Waals surface area contributed by atoms with Crippen molar-refractivity contribution in [3.05, 3.63) is 54.1 Å². The molecule has 23 heavy (non-hydrogen) atoms. The molecular weight excluding hydrogens is 342 g/mol. The van der Waals surface area contributed by atoms with Crippen LogP contribution in [0, 0.1) is 12.8 Å². The Labute approximate surface area is 147 Å². The van der Waals surface area contributed by atoms with Crippen molar-refractivity contribution in [3.63, 3.8) is 0 Å². The van der Waals surface area contributed by atoms with Gasteiger partial charge in [0.15, 0.2) is 4.34 Å². The normalized spacial score (nSPS) is 14.0. The first-order valence-electron chi connectivity index (χ1n) is 7.55. The number of aryl methyl sites for hydroxylation is 1. The van der Waals surface area contributed by atoms with Crippen LogP contribution < -0.4 is 0 Å². The fourth-order valence-corrected chi connectivity index (χ4v) is 5.75. The number of thiazole rings is 1. The lowest BCUT2D eigenvalue weighted by Gasteiger charge is -2.10. The van der Waals surface area contributed by atoms with E-state index >= 15 is 0 Å². The molecule has 3 aromatic rings. The molecule has 0 saturated heterocycles. The van der Waals surface area contributed by atoms with Crippen LogP contribution in [0.2, 0.25) is 0 Å². The molecule has 120 valence electrons. The van der Waals surface area contributed by atoms with Gasteiger partial charge in [-0.05, 0) is 37.1 Å². The summed E-state index contributed by atoms with van der Waals surface area (Å²) in [5.41, 5.74) is 2.26. The maximum atomic E-state index is 12.4. The summed E-state index contributed by atoms with van der Waals surface area (Å²) in [5.74, 6) is 2.02. The van der Waals surface area contributed by atoms with Gasteiger partial charge in [0.2, 0.25) is 0 Å². The van der Waals surface area contributed by atoms with Crippen LogP contribution in [-0.4, -0.2) is 20.7 Å². The largest absolute Gasteiger partial charge is 0.254 e. The second-order valence-corrected chi connectivity index (χ2v) is 9.48. The average Bonchev–Trinajstić information content (AvgIpc) is 2.96. The lowest BCUT2D eigenvalue weighted by molar-refractivity contribution is 0.667. The van der Waals surface area contributed by atoms with Crippen molar-refractivity contribution in [2.75, 3.05) is 11.5 Å². The molecule has 3 rings (SSSR count). The van der Waals surface area contributed by atoms with Crippen LogP contribution in [0.5, 0.6) is 0 Å². The van der Waals surface area contributed by atoms with Gasteiger partial charge in [0.25, 0.3) is 0 Å². The summed E-state index contributed by atoms with van der Waals surface area (Å²) in [6, 6.07) is 16.2. The molecule has 0 saturated carbocycles. The quantitative estimate of drug-likeness (QED) is 0.569. The second kappa shape index (κ2) is 7.60. The number of thioether (sulfide) groups is 1. The van der Waals surface area contributed by atoms with Crippen molar-refractivity contribution in [3.8, 4) is 0 Å². The molecule has 2 aromatic carbocycles. The molecular formula is C18H19NOS3. The summed E-state index contributed by atoms with van der Waals surface area (Å²) in [6.45, 7) is 4.20. The summed E-state index contributed by atoms with van der Waals surface area (Å²) in [5, 5.41) is 0. The summed E-state index contributed by atoms with van der Waals surface area (Å²) < 4.78 is 14.7. The minimum absolute atomic E-state index is 0.383. The van der Waals surface area contributed by atoms with E-state index in [4.69, 9.17) is 0 Å². The van der Waals surface area contributed by atoms with Gasteiger partial charge in [0.05, 0.1) is 21.0 Å². The molecule has 0 N–H and O–H groups in total. The van der Waals surface area contributed by atoms with Crippen molar-refractivity contribution < 1.29 is 4.21 Å². The van der Waals surface area contributed by atoms with Gasteiger partial charge in [-0.3, -0.25) is 4.21 Å². The molecule has 1 heterocycles. The summed E-state index contributed by atoms with van der Waals surface area (Å²) in [7, 11) is -0.925. The van der Waals surface area contributed by atoms with Gasteiger partial charge in [-0.2, -0.15) is 0 Å². The van der Waals surface area contributed by atoms with Crippen LogP contribution >= 0.6 is 23.1 Å². The number of hydrogen-bond acceptors (Lipinski definition) is 4. The third-order valence-corrected chi connectivity index (χ3v) is 7.66. The Balaban J connectivity index is 1.55. The van der Waals surface area contributed by atoms with Gasteiger partial charge in [-0.15, -0.1) is 11.3 Å². The Morgan fingerprint density at radius 2 is 1.91 bits per heavy atom. The number of benzene rings is 2. The highest BCUT2D eigenvalue weighted by atomic mass is 32.2. The molecule has 0 amide bonds. The average molecular weight is 362 g/mol. The smallest absolute Gasteiger partial charge is 0.151 e. The van der Waals surface area contributed by atoms with Gasteiger partial charge in [-0.25, -0.2) is 4.98 Å². The molecule has 2 atom stereocenters. The van der Waals surface area contributed by atoms with E-state index < -0.39 is 10.8 Å². The zero-order valence-electron chi connectivity index (χ0n) is 13.2. The lowest BCUT2D eigenvalue weighted by Crippen LogP contribution is -2.10. The van der Waals surface area contributed by atoms with Crippen LogP contribution in [0.15, 0.2) is 57.8 Å². The SMILES string of the molecule is Cc1ccc(S(=O)C[C@H](C)CSc2nc3ccccc3s2)cc1. The minimum Gasteiger partial charge on any atom is -0.254 e. The summed E-state index contributed by atoms with van der Waals surface area (Å²) >= 11 is 3.50. The second-order valence-electron chi connectivity index (χ2n) is 5.69. The molecule has 1 aromatic heterocycles. The minimum atomic E-state index is -0.925. The van der Waals surface area contributed by atoms with E-state index in [1.54, 1.807) is 23.1 Å². The van der Waals surface area contributed by atoms with Crippen molar-refractivity contribution in [1.82, 2.24) is 4.98 Å². The van der Waals surface area contributed by atoms with E-state index in [2.05, 4.69) is 18.0 Å². The molecule has 0 radical (unpaired) electrons. The van der Waals surface area contributed by atoms with E-state index in [1.165, 1.54) is 10.3 Å². The first-order valence-corrected chi connectivity index (χ1v) is 10.7. The van der Waals surface area contributed by atoms with Gasteiger partial charge < -0.3 is 0 Å².